The summed E-state index contributed by atoms with van der Waals surface area (Å²) in [6, 6.07) is 18.8. The molecule has 0 heterocycles. The first-order chi connectivity index (χ1) is 10.3. The normalized spacial score (nSPS) is 24.6. The lowest BCUT2D eigenvalue weighted by molar-refractivity contribution is 0.269. The fourth-order valence-electron chi connectivity index (χ4n) is 4.11. The van der Waals surface area contributed by atoms with Crippen LogP contribution in [0.2, 0.25) is 0 Å². The molecule has 0 spiro atoms. The van der Waals surface area contributed by atoms with Crippen molar-refractivity contribution < 1.29 is 0 Å². The lowest BCUT2D eigenvalue weighted by Crippen LogP contribution is -2.39. The molecule has 0 radical (unpaired) electrons. The van der Waals surface area contributed by atoms with Crippen LogP contribution in [-0.2, 0) is 0 Å². The molecule has 2 aliphatic rings. The molecule has 0 unspecified atom stereocenters. The van der Waals surface area contributed by atoms with Gasteiger partial charge in [0.25, 0.3) is 0 Å². The summed E-state index contributed by atoms with van der Waals surface area (Å²) in [5, 5.41) is 3.98. The molecule has 0 saturated heterocycles. The Labute approximate surface area is 127 Å². The Balaban J connectivity index is 1.71. The van der Waals surface area contributed by atoms with E-state index in [-0.39, 0.29) is 0 Å². The van der Waals surface area contributed by atoms with Crippen LogP contribution >= 0.6 is 0 Å². The summed E-state index contributed by atoms with van der Waals surface area (Å²) in [7, 11) is 0. The largest absolute Gasteiger partial charge is 0.303 e. The fourth-order valence-corrected chi connectivity index (χ4v) is 4.11. The first-order valence-corrected chi connectivity index (χ1v) is 8.29. The highest BCUT2D eigenvalue weighted by Gasteiger charge is 2.31. The van der Waals surface area contributed by atoms with Crippen LogP contribution < -0.4 is 5.32 Å². The van der Waals surface area contributed by atoms with Gasteiger partial charge >= 0.3 is 0 Å². The average Bonchev–Trinajstić information content (AvgIpc) is 2.85. The summed E-state index contributed by atoms with van der Waals surface area (Å²) in [6.07, 6.45) is 5.46. The molecule has 0 amide bonds. The molecule has 1 fully saturated rings. The van der Waals surface area contributed by atoms with Gasteiger partial charge in [0.2, 0.25) is 0 Å². The topological polar surface area (TPSA) is 12.0 Å². The van der Waals surface area contributed by atoms with Gasteiger partial charge < -0.3 is 5.32 Å². The maximum absolute atomic E-state index is 3.98. The van der Waals surface area contributed by atoms with Crippen LogP contribution in [0.4, 0.5) is 0 Å². The van der Waals surface area contributed by atoms with E-state index in [1.165, 1.54) is 47.9 Å². The Morgan fingerprint density at radius 2 is 1.38 bits per heavy atom. The van der Waals surface area contributed by atoms with E-state index in [2.05, 4.69) is 60.8 Å². The Kier molecular flexibility index (Phi) is 3.31. The van der Waals surface area contributed by atoms with E-state index in [0.717, 1.165) is 5.92 Å². The van der Waals surface area contributed by atoms with E-state index in [0.29, 0.717) is 12.1 Å². The van der Waals surface area contributed by atoms with Crippen molar-refractivity contribution in [1.82, 2.24) is 5.32 Å². The minimum absolute atomic E-state index is 0.378. The summed E-state index contributed by atoms with van der Waals surface area (Å²) < 4.78 is 0. The molecule has 0 aromatic heterocycles. The smallest absolute Gasteiger partial charge is 0.0591 e. The van der Waals surface area contributed by atoms with Crippen molar-refractivity contribution in [3.63, 3.8) is 0 Å². The molecule has 2 aromatic rings. The van der Waals surface area contributed by atoms with Crippen molar-refractivity contribution in [2.45, 2.75) is 44.7 Å². The molecular formula is C20H23N. The average molecular weight is 277 g/mol. The van der Waals surface area contributed by atoms with E-state index < -0.39 is 0 Å². The third-order valence-electron chi connectivity index (χ3n) is 5.33. The van der Waals surface area contributed by atoms with Crippen molar-refractivity contribution in [3.05, 3.63) is 59.7 Å². The van der Waals surface area contributed by atoms with Crippen LogP contribution in [0.15, 0.2) is 48.5 Å². The zero-order valence-electron chi connectivity index (χ0n) is 12.7. The maximum atomic E-state index is 3.98. The van der Waals surface area contributed by atoms with E-state index in [9.17, 15) is 0 Å². The molecule has 0 aliphatic heterocycles. The van der Waals surface area contributed by atoms with Crippen LogP contribution in [0.25, 0.3) is 11.1 Å². The maximum Gasteiger partial charge on any atom is 0.0591 e. The molecule has 2 atom stereocenters. The van der Waals surface area contributed by atoms with Crippen molar-refractivity contribution in [1.29, 1.82) is 0 Å². The molecular weight excluding hydrogens is 254 g/mol. The second-order valence-corrected chi connectivity index (χ2v) is 6.64. The number of hydrogen-bond donors (Lipinski definition) is 1. The lowest BCUT2D eigenvalue weighted by atomic mass is 9.85. The lowest BCUT2D eigenvalue weighted by Gasteiger charge is -2.32. The molecule has 2 aromatic carbocycles. The third-order valence-corrected chi connectivity index (χ3v) is 5.33. The third kappa shape index (κ3) is 2.20. The Hall–Kier alpha value is -1.60. The Morgan fingerprint density at radius 1 is 0.810 bits per heavy atom. The van der Waals surface area contributed by atoms with Gasteiger partial charge in [-0.15, -0.1) is 0 Å². The first kappa shape index (κ1) is 13.1. The zero-order valence-corrected chi connectivity index (χ0v) is 12.7. The second-order valence-electron chi connectivity index (χ2n) is 6.64. The number of benzene rings is 2. The SMILES string of the molecule is C[C@@H]1CCCC[C@@H]1NC1c2ccccc2-c2ccccc21. The molecule has 4 rings (SSSR count). The van der Waals surface area contributed by atoms with Gasteiger partial charge in [0.05, 0.1) is 6.04 Å². The minimum atomic E-state index is 0.378. The zero-order chi connectivity index (χ0) is 14.2. The molecule has 2 aliphatic carbocycles. The van der Waals surface area contributed by atoms with Crippen molar-refractivity contribution in [3.8, 4) is 11.1 Å². The van der Waals surface area contributed by atoms with Gasteiger partial charge in [-0.2, -0.15) is 0 Å². The van der Waals surface area contributed by atoms with E-state index in [1.54, 1.807) is 0 Å². The molecule has 0 bridgehead atoms. The van der Waals surface area contributed by atoms with E-state index in [1.807, 2.05) is 0 Å². The van der Waals surface area contributed by atoms with Crippen LogP contribution in [0, 0.1) is 5.92 Å². The number of fused-ring (bicyclic) bond motifs is 3. The highest BCUT2D eigenvalue weighted by molar-refractivity contribution is 5.78. The van der Waals surface area contributed by atoms with Crippen LogP contribution in [0.1, 0.15) is 49.8 Å². The monoisotopic (exact) mass is 277 g/mol. The van der Waals surface area contributed by atoms with Gasteiger partial charge in [-0.1, -0.05) is 68.3 Å². The quantitative estimate of drug-likeness (QED) is 0.821. The van der Waals surface area contributed by atoms with Gasteiger partial charge in [0.1, 0.15) is 0 Å². The van der Waals surface area contributed by atoms with Crippen LogP contribution in [0.3, 0.4) is 0 Å². The summed E-state index contributed by atoms with van der Waals surface area (Å²) in [6.45, 7) is 2.41. The molecule has 1 saturated carbocycles. The summed E-state index contributed by atoms with van der Waals surface area (Å²) in [5.41, 5.74) is 5.73. The molecule has 108 valence electrons. The van der Waals surface area contributed by atoms with Crippen LogP contribution in [0.5, 0.6) is 0 Å². The molecule has 1 nitrogen and oxygen atoms in total. The van der Waals surface area contributed by atoms with E-state index >= 15 is 0 Å². The van der Waals surface area contributed by atoms with Gasteiger partial charge in [0, 0.05) is 6.04 Å². The van der Waals surface area contributed by atoms with E-state index in [4.69, 9.17) is 0 Å². The summed E-state index contributed by atoms with van der Waals surface area (Å²) in [5.74, 6) is 0.790. The van der Waals surface area contributed by atoms with Crippen molar-refractivity contribution in [2.75, 3.05) is 0 Å². The van der Waals surface area contributed by atoms with Crippen LogP contribution in [-0.4, -0.2) is 6.04 Å². The number of hydrogen-bond acceptors (Lipinski definition) is 1. The Bertz CT molecular complexity index is 600. The summed E-state index contributed by atoms with van der Waals surface area (Å²) in [4.78, 5) is 0. The van der Waals surface area contributed by atoms with Crippen molar-refractivity contribution >= 4 is 0 Å². The second kappa shape index (κ2) is 5.31. The Morgan fingerprint density at radius 3 is 2.00 bits per heavy atom. The summed E-state index contributed by atoms with van der Waals surface area (Å²) >= 11 is 0. The van der Waals surface area contributed by atoms with Gasteiger partial charge in [-0.05, 0) is 41.0 Å². The highest BCUT2D eigenvalue weighted by Crippen LogP contribution is 2.44. The predicted molar refractivity (Wildman–Crippen MR) is 88.3 cm³/mol. The molecule has 1 N–H and O–H groups in total. The molecule has 21 heavy (non-hydrogen) atoms. The van der Waals surface area contributed by atoms with Gasteiger partial charge in [-0.3, -0.25) is 0 Å². The number of rotatable bonds is 2. The van der Waals surface area contributed by atoms with Crippen molar-refractivity contribution in [2.24, 2.45) is 5.92 Å². The standard InChI is InChI=1S/C20H23N/c1-14-8-2-7-13-19(14)21-20-17-11-5-3-9-15(17)16-10-4-6-12-18(16)20/h3-6,9-12,14,19-21H,2,7-8,13H2,1H3/t14-,19+/m1/s1. The highest BCUT2D eigenvalue weighted by atomic mass is 15.0. The number of nitrogens with one attached hydrogen (secondary N) is 1. The van der Waals surface area contributed by atoms with Gasteiger partial charge in [-0.25, -0.2) is 0 Å². The molecule has 1 heteroatoms. The fraction of sp³-hybridized carbons (Fsp3) is 0.400. The van der Waals surface area contributed by atoms with Gasteiger partial charge in [0.15, 0.2) is 0 Å². The predicted octanol–water partition coefficient (Wildman–Crippen LogP) is 4.92. The minimum Gasteiger partial charge on any atom is -0.303 e. The first-order valence-electron chi connectivity index (χ1n) is 8.29.